The number of unbranched alkanes of at least 4 members (excludes halogenated alkanes) is 2. The van der Waals surface area contributed by atoms with E-state index in [1.807, 2.05) is 35.2 Å². The number of benzene rings is 1. The smallest absolute Gasteiger partial charge is 0.410 e. The summed E-state index contributed by atoms with van der Waals surface area (Å²) in [4.78, 5) is 56.4. The van der Waals surface area contributed by atoms with Gasteiger partial charge in [0.05, 0.1) is 6.10 Å². The van der Waals surface area contributed by atoms with Crippen LogP contribution in [-0.2, 0) is 20.9 Å². The van der Waals surface area contributed by atoms with E-state index in [1.165, 1.54) is 17.7 Å². The van der Waals surface area contributed by atoms with Crippen molar-refractivity contribution in [3.63, 3.8) is 0 Å². The van der Waals surface area contributed by atoms with Gasteiger partial charge in [0.25, 0.3) is 0 Å². The number of rotatable bonds is 11. The largest absolute Gasteiger partial charge is 0.465 e. The quantitative estimate of drug-likeness (QED) is 0.304. The summed E-state index contributed by atoms with van der Waals surface area (Å²) in [5.41, 5.74) is 1.18. The Morgan fingerprint density at radius 1 is 0.809 bits per heavy atom. The minimum Gasteiger partial charge on any atom is -0.465 e. The van der Waals surface area contributed by atoms with Gasteiger partial charge in [-0.2, -0.15) is 0 Å². The van der Waals surface area contributed by atoms with Crippen molar-refractivity contribution in [2.45, 2.75) is 83.6 Å². The van der Waals surface area contributed by atoms with Gasteiger partial charge in [0.2, 0.25) is 11.8 Å². The molecule has 1 aromatic rings. The van der Waals surface area contributed by atoms with E-state index in [1.54, 1.807) is 18.7 Å². The molecule has 0 unspecified atom stereocenters. The molecule has 1 spiro atoms. The van der Waals surface area contributed by atoms with E-state index >= 15 is 0 Å². The second-order valence-electron chi connectivity index (χ2n) is 13.3. The van der Waals surface area contributed by atoms with Crippen LogP contribution in [0.4, 0.5) is 9.59 Å². The molecule has 5 rings (SSSR count). The maximum atomic E-state index is 12.8. The van der Waals surface area contributed by atoms with Crippen LogP contribution in [0.2, 0.25) is 0 Å². The van der Waals surface area contributed by atoms with Crippen molar-refractivity contribution in [2.24, 2.45) is 5.41 Å². The zero-order chi connectivity index (χ0) is 34.0. The molecule has 0 radical (unpaired) electrons. The molecule has 0 aromatic heterocycles. The number of carbonyl (C=O) groups excluding carboxylic acids is 3. The molecule has 1 aromatic carbocycles. The lowest BCUT2D eigenvalue weighted by Crippen LogP contribution is -2.57. The van der Waals surface area contributed by atoms with E-state index in [0.717, 1.165) is 62.3 Å². The Morgan fingerprint density at radius 2 is 1.38 bits per heavy atom. The molecular weight excluding hydrogens is 606 g/mol. The van der Waals surface area contributed by atoms with Crippen molar-refractivity contribution >= 4 is 24.0 Å². The van der Waals surface area contributed by atoms with Crippen LogP contribution >= 0.6 is 0 Å². The summed E-state index contributed by atoms with van der Waals surface area (Å²) in [5, 5.41) is 27.8. The number of aliphatic hydroxyl groups is 2. The van der Waals surface area contributed by atoms with Crippen molar-refractivity contribution in [3.8, 4) is 0 Å². The highest BCUT2D eigenvalue weighted by atomic mass is 16.6. The van der Waals surface area contributed by atoms with Gasteiger partial charge in [0.1, 0.15) is 18.7 Å². The third kappa shape index (κ3) is 9.80. The molecular formula is C34H53N5O8. The first kappa shape index (κ1) is 36.4. The lowest BCUT2D eigenvalue weighted by atomic mass is 9.90. The fraction of sp³-hybridized carbons (Fsp3) is 0.706. The Hall–Kier alpha value is -3.42. The molecule has 4 amide bonds. The number of β-amino-alcohol motifs (C(OH)–C–C–N with tert-alkyl or cyclic N) is 1. The molecule has 0 bridgehead atoms. The van der Waals surface area contributed by atoms with Gasteiger partial charge in [-0.25, -0.2) is 9.59 Å². The molecule has 3 aliphatic heterocycles. The fourth-order valence-corrected chi connectivity index (χ4v) is 6.69. The van der Waals surface area contributed by atoms with Crippen LogP contribution in [-0.4, -0.2) is 148 Å². The van der Waals surface area contributed by atoms with Gasteiger partial charge in [-0.3, -0.25) is 19.4 Å². The van der Waals surface area contributed by atoms with Crippen molar-refractivity contribution in [1.82, 2.24) is 24.5 Å². The number of ether oxygens (including phenoxy) is 1. The van der Waals surface area contributed by atoms with Crippen molar-refractivity contribution in [3.05, 3.63) is 35.9 Å². The summed E-state index contributed by atoms with van der Waals surface area (Å²) in [6, 6.07) is 8.47. The fourth-order valence-electron chi connectivity index (χ4n) is 6.69. The number of carbonyl (C=O) groups is 4. The zero-order valence-electron chi connectivity index (χ0n) is 28.0. The molecule has 13 nitrogen and oxygen atoms in total. The highest BCUT2D eigenvalue weighted by molar-refractivity contribution is 5.87. The summed E-state index contributed by atoms with van der Waals surface area (Å²) in [5.74, 6) is -0.154. The van der Waals surface area contributed by atoms with Crippen molar-refractivity contribution in [1.29, 1.82) is 0 Å². The van der Waals surface area contributed by atoms with Crippen LogP contribution < -0.4 is 0 Å². The summed E-state index contributed by atoms with van der Waals surface area (Å²) >= 11 is 0. The Morgan fingerprint density at radius 3 is 1.96 bits per heavy atom. The number of likely N-dealkylation sites (tertiary alicyclic amines) is 1. The van der Waals surface area contributed by atoms with Gasteiger partial charge in [-0.05, 0) is 82.9 Å². The molecule has 13 heteroatoms. The molecule has 3 saturated heterocycles. The Kier molecular flexibility index (Phi) is 13.3. The summed E-state index contributed by atoms with van der Waals surface area (Å²) < 4.78 is 5.41. The van der Waals surface area contributed by atoms with Crippen LogP contribution in [0.1, 0.15) is 64.4 Å². The predicted molar refractivity (Wildman–Crippen MR) is 174 cm³/mol. The lowest BCUT2D eigenvalue weighted by Gasteiger charge is -2.39. The van der Waals surface area contributed by atoms with Crippen LogP contribution in [0.25, 0.3) is 0 Å². The van der Waals surface area contributed by atoms with Gasteiger partial charge >= 0.3 is 12.2 Å². The third-order valence-corrected chi connectivity index (χ3v) is 10.1. The van der Waals surface area contributed by atoms with Gasteiger partial charge in [0.15, 0.2) is 0 Å². The second kappa shape index (κ2) is 17.1. The number of hydrogen-bond donors (Lipinski definition) is 3. The number of aliphatic hydroxyl groups excluding tert-OH is 2. The normalized spacial score (nSPS) is 24.2. The first-order chi connectivity index (χ1) is 22.6. The minimum atomic E-state index is -1.05. The number of carboxylic acid groups (broad SMARTS) is 1. The van der Waals surface area contributed by atoms with Gasteiger partial charge in [-0.15, -0.1) is 0 Å². The SMILES string of the molecule is C[C@H]1C(=O)N(CCCCN2CCC3(CC3)[C@H](O)C2)CCN1C(=O)OCc1ccccc1.C[C@H]1C(=O)N(CCCCO)CCN1C(=O)O. The number of piperidine rings is 1. The number of nitrogens with zero attached hydrogens (tertiary/aromatic N) is 5. The van der Waals surface area contributed by atoms with Crippen molar-refractivity contribution in [2.75, 3.05) is 65.5 Å². The Balaban J connectivity index is 0.000000264. The maximum absolute atomic E-state index is 12.8. The molecule has 1 aliphatic carbocycles. The van der Waals surface area contributed by atoms with Gasteiger partial charge in [0, 0.05) is 52.4 Å². The maximum Gasteiger partial charge on any atom is 0.410 e. The molecule has 3 heterocycles. The minimum absolute atomic E-state index is 0.00742. The van der Waals surface area contributed by atoms with E-state index in [9.17, 15) is 24.3 Å². The van der Waals surface area contributed by atoms with Gasteiger partial charge in [-0.1, -0.05) is 30.3 Å². The summed E-state index contributed by atoms with van der Waals surface area (Å²) in [6.07, 6.45) is 5.23. The molecule has 3 N–H and O–H groups in total. The Bertz CT molecular complexity index is 1200. The van der Waals surface area contributed by atoms with E-state index in [2.05, 4.69) is 4.90 Å². The van der Waals surface area contributed by atoms with Crippen LogP contribution in [0.5, 0.6) is 0 Å². The topological polar surface area (TPSA) is 154 Å². The highest BCUT2D eigenvalue weighted by Crippen LogP contribution is 2.53. The Labute approximate surface area is 278 Å². The predicted octanol–water partition coefficient (Wildman–Crippen LogP) is 2.45. The van der Waals surface area contributed by atoms with Crippen LogP contribution in [0.3, 0.4) is 0 Å². The summed E-state index contributed by atoms with van der Waals surface area (Å²) in [7, 11) is 0. The van der Waals surface area contributed by atoms with Crippen LogP contribution in [0, 0.1) is 5.41 Å². The van der Waals surface area contributed by atoms with E-state index < -0.39 is 24.3 Å². The monoisotopic (exact) mass is 659 g/mol. The van der Waals surface area contributed by atoms with E-state index in [0.29, 0.717) is 39.1 Å². The number of hydrogen-bond acceptors (Lipinski definition) is 8. The first-order valence-corrected chi connectivity index (χ1v) is 17.1. The molecule has 262 valence electrons. The summed E-state index contributed by atoms with van der Waals surface area (Å²) in [6.45, 7) is 9.74. The van der Waals surface area contributed by atoms with Crippen LogP contribution in [0.15, 0.2) is 30.3 Å². The second-order valence-corrected chi connectivity index (χ2v) is 13.3. The highest BCUT2D eigenvalue weighted by Gasteiger charge is 2.51. The van der Waals surface area contributed by atoms with Crippen molar-refractivity contribution < 1.29 is 39.2 Å². The number of amides is 4. The lowest BCUT2D eigenvalue weighted by molar-refractivity contribution is -0.140. The molecule has 47 heavy (non-hydrogen) atoms. The standard InChI is InChI=1S/C24H35N3O4.C10H18N2O4/c1-19-22(29)26(13-6-5-12-25-14-11-24(9-10-24)21(28)17-25)15-16-27(19)23(30)31-18-20-7-3-2-4-8-20;1-8-9(14)11(4-2-3-7-13)5-6-12(8)10(15)16/h2-4,7-8,19,21,28H,5-6,9-18H2,1H3;8,13H,2-7H2,1H3,(H,15,16)/t19-,21+;8-/m00/s1. The third-order valence-electron chi connectivity index (χ3n) is 10.1. The average Bonchev–Trinajstić information content (AvgIpc) is 3.85. The van der Waals surface area contributed by atoms with Gasteiger partial charge < -0.3 is 34.8 Å². The number of piperazine rings is 2. The molecule has 4 fully saturated rings. The molecule has 1 saturated carbocycles. The van der Waals surface area contributed by atoms with E-state index in [-0.39, 0.29) is 36.5 Å². The van der Waals surface area contributed by atoms with E-state index in [4.69, 9.17) is 14.9 Å². The average molecular weight is 660 g/mol. The molecule has 3 atom stereocenters. The molecule has 4 aliphatic rings. The zero-order valence-corrected chi connectivity index (χ0v) is 28.0. The first-order valence-electron chi connectivity index (χ1n) is 17.1.